The topological polar surface area (TPSA) is 25.2 Å². The van der Waals surface area contributed by atoms with Gasteiger partial charge in [0.25, 0.3) is 0 Å². The van der Waals surface area contributed by atoms with Crippen molar-refractivity contribution in [2.45, 2.75) is 46.1 Å². The third kappa shape index (κ3) is 3.40. The molecule has 104 valence electrons. The number of furan rings is 1. The quantitative estimate of drug-likeness (QED) is 0.850. The summed E-state index contributed by atoms with van der Waals surface area (Å²) in [4.78, 5) is 0. The summed E-state index contributed by atoms with van der Waals surface area (Å²) in [5.74, 6) is 0.466. The first-order chi connectivity index (χ1) is 8.99. The van der Waals surface area contributed by atoms with Gasteiger partial charge in [0.2, 0.25) is 0 Å². The maximum Gasteiger partial charge on any atom is 0.137 e. The van der Waals surface area contributed by atoms with E-state index in [0.29, 0.717) is 12.0 Å². The smallest absolute Gasteiger partial charge is 0.137 e. The van der Waals surface area contributed by atoms with E-state index >= 15 is 0 Å². The maximum absolute atomic E-state index is 5.81. The van der Waals surface area contributed by atoms with Gasteiger partial charge in [-0.1, -0.05) is 43.6 Å². The van der Waals surface area contributed by atoms with E-state index in [0.717, 1.165) is 23.0 Å². The summed E-state index contributed by atoms with van der Waals surface area (Å²) in [7, 11) is 0. The van der Waals surface area contributed by atoms with Crippen LogP contribution in [0, 0.1) is 0 Å². The Kier molecular flexibility index (Phi) is 4.69. The van der Waals surface area contributed by atoms with Crippen LogP contribution < -0.4 is 5.32 Å². The molecule has 3 heteroatoms. The van der Waals surface area contributed by atoms with Crippen LogP contribution in [0.4, 0.5) is 0 Å². The lowest BCUT2D eigenvalue weighted by Crippen LogP contribution is -2.24. The predicted octanol–water partition coefficient (Wildman–Crippen LogP) is 4.86. The van der Waals surface area contributed by atoms with E-state index in [1.807, 2.05) is 6.26 Å². The van der Waals surface area contributed by atoms with E-state index in [-0.39, 0.29) is 0 Å². The average molecular weight is 324 g/mol. The Bertz CT molecular complexity index is 557. The van der Waals surface area contributed by atoms with Gasteiger partial charge in [-0.3, -0.25) is 0 Å². The lowest BCUT2D eigenvalue weighted by Gasteiger charge is -2.08. The van der Waals surface area contributed by atoms with Crippen molar-refractivity contribution in [2.24, 2.45) is 0 Å². The Morgan fingerprint density at radius 3 is 2.58 bits per heavy atom. The number of hydrogen-bond donors (Lipinski definition) is 1. The summed E-state index contributed by atoms with van der Waals surface area (Å²) < 4.78 is 6.93. The molecule has 0 aliphatic heterocycles. The molecular weight excluding hydrogens is 302 g/mol. The zero-order chi connectivity index (χ0) is 14.0. The van der Waals surface area contributed by atoms with Gasteiger partial charge in [0.05, 0.1) is 6.26 Å². The molecule has 2 aromatic rings. The molecule has 0 fully saturated rings. The van der Waals surface area contributed by atoms with E-state index in [2.05, 4.69) is 61.1 Å². The van der Waals surface area contributed by atoms with Crippen LogP contribution in [0.1, 0.15) is 44.7 Å². The Morgan fingerprint density at radius 1 is 1.21 bits per heavy atom. The second-order valence-electron chi connectivity index (χ2n) is 5.65. The first-order valence-electron chi connectivity index (χ1n) is 6.92. The first kappa shape index (κ1) is 14.6. The molecule has 0 saturated heterocycles. The summed E-state index contributed by atoms with van der Waals surface area (Å²) in [6, 6.07) is 4.85. The summed E-state index contributed by atoms with van der Waals surface area (Å²) in [6.45, 7) is 9.71. The van der Waals surface area contributed by atoms with Crippen LogP contribution in [0.5, 0.6) is 0 Å². The SMILES string of the molecule is CC(C)NCCc1coc2c(C(C)C)cc(Br)cc12. The molecule has 2 nitrogen and oxygen atoms in total. The Morgan fingerprint density at radius 2 is 1.95 bits per heavy atom. The normalized spacial score (nSPS) is 11.9. The molecular formula is C16H22BrNO. The zero-order valence-electron chi connectivity index (χ0n) is 12.1. The van der Waals surface area contributed by atoms with Gasteiger partial charge in [0.15, 0.2) is 0 Å². The Labute approximate surface area is 123 Å². The number of halogens is 1. The molecule has 1 heterocycles. The second kappa shape index (κ2) is 6.10. The van der Waals surface area contributed by atoms with Crippen molar-refractivity contribution in [1.82, 2.24) is 5.32 Å². The van der Waals surface area contributed by atoms with E-state index < -0.39 is 0 Å². The monoisotopic (exact) mass is 323 g/mol. The summed E-state index contributed by atoms with van der Waals surface area (Å²) in [6.07, 6.45) is 2.91. The maximum atomic E-state index is 5.81. The van der Waals surface area contributed by atoms with Crippen LogP contribution in [-0.4, -0.2) is 12.6 Å². The van der Waals surface area contributed by atoms with Crippen LogP contribution >= 0.6 is 15.9 Å². The number of nitrogens with one attached hydrogen (secondary N) is 1. The minimum atomic E-state index is 0.466. The fourth-order valence-electron chi connectivity index (χ4n) is 2.30. The Balaban J connectivity index is 2.31. The second-order valence-corrected chi connectivity index (χ2v) is 6.56. The molecule has 0 aliphatic carbocycles. The van der Waals surface area contributed by atoms with Crippen LogP contribution in [0.2, 0.25) is 0 Å². The number of hydrogen-bond acceptors (Lipinski definition) is 2. The first-order valence-corrected chi connectivity index (χ1v) is 7.71. The van der Waals surface area contributed by atoms with Crippen LogP contribution in [0.3, 0.4) is 0 Å². The van der Waals surface area contributed by atoms with Crippen molar-refractivity contribution in [3.63, 3.8) is 0 Å². The molecule has 0 unspecified atom stereocenters. The van der Waals surface area contributed by atoms with Crippen molar-refractivity contribution in [2.75, 3.05) is 6.54 Å². The van der Waals surface area contributed by atoms with E-state index in [4.69, 9.17) is 4.42 Å². The van der Waals surface area contributed by atoms with Gasteiger partial charge in [0, 0.05) is 15.9 Å². The fourth-order valence-corrected chi connectivity index (χ4v) is 2.77. The summed E-state index contributed by atoms with van der Waals surface area (Å²) in [5, 5.41) is 4.69. The van der Waals surface area contributed by atoms with Gasteiger partial charge in [-0.25, -0.2) is 0 Å². The van der Waals surface area contributed by atoms with Crippen molar-refractivity contribution in [3.8, 4) is 0 Å². The molecule has 0 aliphatic rings. The standard InChI is InChI=1S/C16H22BrNO/c1-10(2)14-7-13(17)8-15-12(9-19-16(14)15)5-6-18-11(3)4/h7-11,18H,5-6H2,1-4H3. The van der Waals surface area contributed by atoms with Gasteiger partial charge in [-0.2, -0.15) is 0 Å². The number of benzene rings is 1. The van der Waals surface area contributed by atoms with Crippen LogP contribution in [0.15, 0.2) is 27.3 Å². The van der Waals surface area contributed by atoms with Crippen molar-refractivity contribution in [1.29, 1.82) is 0 Å². The Hall–Kier alpha value is -0.800. The molecule has 1 aromatic heterocycles. The number of fused-ring (bicyclic) bond motifs is 1. The third-order valence-electron chi connectivity index (χ3n) is 3.32. The largest absolute Gasteiger partial charge is 0.464 e. The molecule has 0 spiro atoms. The van der Waals surface area contributed by atoms with Gasteiger partial charge in [-0.05, 0) is 42.1 Å². The van der Waals surface area contributed by atoms with E-state index in [1.165, 1.54) is 16.5 Å². The minimum absolute atomic E-state index is 0.466. The molecule has 0 bridgehead atoms. The minimum Gasteiger partial charge on any atom is -0.464 e. The highest BCUT2D eigenvalue weighted by molar-refractivity contribution is 9.10. The van der Waals surface area contributed by atoms with Crippen LogP contribution in [-0.2, 0) is 6.42 Å². The lowest BCUT2D eigenvalue weighted by molar-refractivity contribution is 0.578. The van der Waals surface area contributed by atoms with Gasteiger partial charge >= 0.3 is 0 Å². The molecule has 19 heavy (non-hydrogen) atoms. The van der Waals surface area contributed by atoms with Gasteiger partial charge in [-0.15, -0.1) is 0 Å². The highest BCUT2D eigenvalue weighted by Gasteiger charge is 2.13. The summed E-state index contributed by atoms with van der Waals surface area (Å²) >= 11 is 3.60. The molecule has 2 rings (SSSR count). The highest BCUT2D eigenvalue weighted by Crippen LogP contribution is 2.32. The third-order valence-corrected chi connectivity index (χ3v) is 3.77. The van der Waals surface area contributed by atoms with Gasteiger partial charge in [0.1, 0.15) is 5.58 Å². The highest BCUT2D eigenvalue weighted by atomic mass is 79.9. The molecule has 0 atom stereocenters. The van der Waals surface area contributed by atoms with Crippen LogP contribution in [0.25, 0.3) is 11.0 Å². The van der Waals surface area contributed by atoms with Crippen molar-refractivity contribution >= 4 is 26.9 Å². The van der Waals surface area contributed by atoms with E-state index in [9.17, 15) is 0 Å². The average Bonchev–Trinajstić information content (AvgIpc) is 2.71. The fraction of sp³-hybridized carbons (Fsp3) is 0.500. The molecule has 0 radical (unpaired) electrons. The predicted molar refractivity (Wildman–Crippen MR) is 84.8 cm³/mol. The number of rotatable bonds is 5. The van der Waals surface area contributed by atoms with Crippen molar-refractivity contribution < 1.29 is 4.42 Å². The molecule has 0 amide bonds. The molecule has 1 N–H and O–H groups in total. The molecule has 0 saturated carbocycles. The molecule has 1 aromatic carbocycles. The summed E-state index contributed by atoms with van der Waals surface area (Å²) in [5.41, 5.74) is 3.59. The zero-order valence-corrected chi connectivity index (χ0v) is 13.7. The van der Waals surface area contributed by atoms with Crippen molar-refractivity contribution in [3.05, 3.63) is 34.0 Å². The van der Waals surface area contributed by atoms with E-state index in [1.54, 1.807) is 0 Å². The lowest BCUT2D eigenvalue weighted by atomic mass is 9.99. The van der Waals surface area contributed by atoms with Gasteiger partial charge < -0.3 is 9.73 Å².